The average Bonchev–Trinajstić information content (AvgIpc) is 2.63. The molecule has 1 aliphatic carbocycles. The summed E-state index contributed by atoms with van der Waals surface area (Å²) in [4.78, 5) is 2.40. The Morgan fingerprint density at radius 1 is 1.20 bits per heavy atom. The third-order valence-electron chi connectivity index (χ3n) is 6.01. The van der Waals surface area contributed by atoms with Crippen molar-refractivity contribution in [3.63, 3.8) is 0 Å². The molecule has 0 unspecified atom stereocenters. The Balaban J connectivity index is 1.21. The van der Waals surface area contributed by atoms with Crippen molar-refractivity contribution in [3.05, 3.63) is 24.3 Å². The molecule has 1 aromatic rings. The summed E-state index contributed by atoms with van der Waals surface area (Å²) in [5.74, 6) is 0.967. The van der Waals surface area contributed by atoms with Gasteiger partial charge in [0.25, 0.3) is 0 Å². The van der Waals surface area contributed by atoms with Crippen molar-refractivity contribution in [3.8, 4) is 5.75 Å². The fraction of sp³-hybridized carbons (Fsp3) is 0.700. The first-order valence-corrected chi connectivity index (χ1v) is 9.82. The van der Waals surface area contributed by atoms with Gasteiger partial charge in [-0.2, -0.15) is 0 Å². The van der Waals surface area contributed by atoms with Gasteiger partial charge in [0.2, 0.25) is 0 Å². The first-order chi connectivity index (χ1) is 12.3. The van der Waals surface area contributed by atoms with Gasteiger partial charge < -0.3 is 20.1 Å². The van der Waals surface area contributed by atoms with E-state index in [9.17, 15) is 0 Å². The second-order valence-electron chi connectivity index (χ2n) is 7.83. The van der Waals surface area contributed by atoms with Crippen LogP contribution >= 0.6 is 0 Å². The Kier molecular flexibility index (Phi) is 5.44. The van der Waals surface area contributed by atoms with Gasteiger partial charge in [0, 0.05) is 37.4 Å². The van der Waals surface area contributed by atoms with Crippen molar-refractivity contribution in [1.29, 1.82) is 0 Å². The molecule has 2 aliphatic heterocycles. The standard InChI is InChI=1S/C20H31N3O2/c1-2-17(22-18-15-20(16-18)4-6-21-7-5-20)14-19(3-1)25-13-10-23-8-11-24-12-9-23/h1-3,14,18,21-22H,4-13,15-16H2. The Morgan fingerprint density at radius 2 is 2.00 bits per heavy atom. The molecule has 2 saturated heterocycles. The molecular weight excluding hydrogens is 314 g/mol. The van der Waals surface area contributed by atoms with E-state index in [1.807, 2.05) is 0 Å². The molecule has 5 heteroatoms. The van der Waals surface area contributed by atoms with Crippen molar-refractivity contribution in [2.24, 2.45) is 5.41 Å². The van der Waals surface area contributed by atoms with Crippen molar-refractivity contribution in [2.75, 3.05) is 57.9 Å². The van der Waals surface area contributed by atoms with E-state index in [0.717, 1.165) is 45.2 Å². The number of nitrogens with zero attached hydrogens (tertiary/aromatic N) is 1. The van der Waals surface area contributed by atoms with E-state index in [4.69, 9.17) is 9.47 Å². The first kappa shape index (κ1) is 17.1. The Morgan fingerprint density at radius 3 is 2.80 bits per heavy atom. The van der Waals surface area contributed by atoms with Gasteiger partial charge in [-0.1, -0.05) is 6.07 Å². The van der Waals surface area contributed by atoms with E-state index in [1.165, 1.54) is 44.5 Å². The number of morpholine rings is 1. The van der Waals surface area contributed by atoms with Crippen molar-refractivity contribution >= 4 is 5.69 Å². The van der Waals surface area contributed by atoms with Crippen LogP contribution in [0.15, 0.2) is 24.3 Å². The molecule has 1 aromatic carbocycles. The quantitative estimate of drug-likeness (QED) is 0.829. The molecule has 0 atom stereocenters. The monoisotopic (exact) mass is 345 g/mol. The average molecular weight is 345 g/mol. The lowest BCUT2D eigenvalue weighted by Crippen LogP contribution is -2.50. The fourth-order valence-electron chi connectivity index (χ4n) is 4.48. The lowest BCUT2D eigenvalue weighted by molar-refractivity contribution is 0.0322. The molecule has 25 heavy (non-hydrogen) atoms. The third-order valence-corrected chi connectivity index (χ3v) is 6.01. The van der Waals surface area contributed by atoms with Crippen LogP contribution in [0.25, 0.3) is 0 Å². The van der Waals surface area contributed by atoms with Crippen LogP contribution in [0.5, 0.6) is 5.75 Å². The van der Waals surface area contributed by atoms with Gasteiger partial charge in [-0.25, -0.2) is 0 Å². The van der Waals surface area contributed by atoms with Crippen molar-refractivity contribution < 1.29 is 9.47 Å². The SMILES string of the molecule is c1cc(NC2CC3(CCNCC3)C2)cc(OCCN2CCOCC2)c1. The zero-order valence-electron chi connectivity index (χ0n) is 15.1. The minimum absolute atomic E-state index is 0.620. The zero-order valence-corrected chi connectivity index (χ0v) is 15.1. The maximum Gasteiger partial charge on any atom is 0.121 e. The van der Waals surface area contributed by atoms with Crippen LogP contribution in [-0.4, -0.2) is 63.5 Å². The van der Waals surface area contributed by atoms with Gasteiger partial charge in [-0.05, 0) is 56.3 Å². The molecular formula is C20H31N3O2. The molecule has 0 bridgehead atoms. The number of nitrogens with one attached hydrogen (secondary N) is 2. The predicted molar refractivity (Wildman–Crippen MR) is 100 cm³/mol. The lowest BCUT2D eigenvalue weighted by atomic mass is 9.60. The lowest BCUT2D eigenvalue weighted by Gasteiger charge is -2.50. The zero-order chi connectivity index (χ0) is 17.0. The van der Waals surface area contributed by atoms with E-state index in [0.29, 0.717) is 11.5 Å². The van der Waals surface area contributed by atoms with E-state index < -0.39 is 0 Å². The topological polar surface area (TPSA) is 45.8 Å². The van der Waals surface area contributed by atoms with Crippen LogP contribution in [0.3, 0.4) is 0 Å². The van der Waals surface area contributed by atoms with Gasteiger partial charge in [0.1, 0.15) is 12.4 Å². The number of hydrogen-bond donors (Lipinski definition) is 2. The summed E-state index contributed by atoms with van der Waals surface area (Å²) in [6.45, 7) is 7.83. The van der Waals surface area contributed by atoms with Crippen LogP contribution in [0, 0.1) is 5.41 Å². The number of rotatable bonds is 6. The highest BCUT2D eigenvalue weighted by Crippen LogP contribution is 2.48. The molecule has 138 valence electrons. The molecule has 5 nitrogen and oxygen atoms in total. The van der Waals surface area contributed by atoms with Gasteiger partial charge in [0.05, 0.1) is 13.2 Å². The number of ether oxygens (including phenoxy) is 2. The van der Waals surface area contributed by atoms with Crippen LogP contribution in [0.4, 0.5) is 5.69 Å². The Bertz CT molecular complexity index is 546. The molecule has 3 aliphatic rings. The van der Waals surface area contributed by atoms with E-state index in [-0.39, 0.29) is 0 Å². The first-order valence-electron chi connectivity index (χ1n) is 9.82. The summed E-state index contributed by atoms with van der Waals surface area (Å²) in [7, 11) is 0. The minimum Gasteiger partial charge on any atom is -0.492 e. The Labute approximate surface area is 151 Å². The van der Waals surface area contributed by atoms with E-state index in [1.54, 1.807) is 0 Å². The third kappa shape index (κ3) is 4.46. The number of hydrogen-bond acceptors (Lipinski definition) is 5. The van der Waals surface area contributed by atoms with Crippen molar-refractivity contribution in [1.82, 2.24) is 10.2 Å². The number of piperidine rings is 1. The van der Waals surface area contributed by atoms with E-state index >= 15 is 0 Å². The second kappa shape index (κ2) is 7.94. The van der Waals surface area contributed by atoms with Gasteiger partial charge in [-0.15, -0.1) is 0 Å². The Hall–Kier alpha value is -1.30. The van der Waals surface area contributed by atoms with Crippen LogP contribution < -0.4 is 15.4 Å². The van der Waals surface area contributed by atoms with Crippen molar-refractivity contribution in [2.45, 2.75) is 31.7 Å². The smallest absolute Gasteiger partial charge is 0.121 e. The molecule has 3 fully saturated rings. The molecule has 1 spiro atoms. The fourth-order valence-corrected chi connectivity index (χ4v) is 4.48. The molecule has 1 saturated carbocycles. The highest BCUT2D eigenvalue weighted by Gasteiger charge is 2.44. The maximum atomic E-state index is 5.96. The van der Waals surface area contributed by atoms with Crippen LogP contribution in [0.1, 0.15) is 25.7 Å². The molecule has 2 heterocycles. The minimum atomic E-state index is 0.620. The molecule has 0 radical (unpaired) electrons. The molecule has 0 amide bonds. The molecule has 2 N–H and O–H groups in total. The largest absolute Gasteiger partial charge is 0.492 e. The number of anilines is 1. The summed E-state index contributed by atoms with van der Waals surface area (Å²) in [6, 6.07) is 9.07. The predicted octanol–water partition coefficient (Wildman–Crippen LogP) is 2.34. The highest BCUT2D eigenvalue weighted by molar-refractivity contribution is 5.49. The summed E-state index contributed by atoms with van der Waals surface area (Å²) >= 11 is 0. The van der Waals surface area contributed by atoms with Gasteiger partial charge in [0.15, 0.2) is 0 Å². The summed E-state index contributed by atoms with van der Waals surface area (Å²) in [5.41, 5.74) is 1.81. The summed E-state index contributed by atoms with van der Waals surface area (Å²) in [5, 5.41) is 7.18. The summed E-state index contributed by atoms with van der Waals surface area (Å²) < 4.78 is 11.3. The molecule has 0 aromatic heterocycles. The second-order valence-corrected chi connectivity index (χ2v) is 7.83. The molecule has 4 rings (SSSR count). The van der Waals surface area contributed by atoms with Crippen LogP contribution in [-0.2, 0) is 4.74 Å². The summed E-state index contributed by atoms with van der Waals surface area (Å²) in [6.07, 6.45) is 5.32. The van der Waals surface area contributed by atoms with Gasteiger partial charge >= 0.3 is 0 Å². The normalized spacial score (nSPS) is 24.0. The highest BCUT2D eigenvalue weighted by atomic mass is 16.5. The van der Waals surface area contributed by atoms with Gasteiger partial charge in [-0.3, -0.25) is 4.90 Å². The number of benzene rings is 1. The van der Waals surface area contributed by atoms with E-state index in [2.05, 4.69) is 39.8 Å². The maximum absolute atomic E-state index is 5.96. The van der Waals surface area contributed by atoms with Crippen LogP contribution in [0.2, 0.25) is 0 Å².